The zero-order valence-corrected chi connectivity index (χ0v) is 37.7. The third kappa shape index (κ3) is 7.76. The Balaban J connectivity index is 0.948. The molecule has 0 spiro atoms. The van der Waals surface area contributed by atoms with Crippen molar-refractivity contribution in [2.24, 2.45) is 0 Å². The first-order chi connectivity index (χ1) is 33.1. The van der Waals surface area contributed by atoms with E-state index in [1.807, 2.05) is 11.8 Å². The van der Waals surface area contributed by atoms with Gasteiger partial charge in [0.2, 0.25) is 0 Å². The Bertz CT molecular complexity index is 3550. The van der Waals surface area contributed by atoms with E-state index in [1.165, 1.54) is 76.0 Å². The summed E-state index contributed by atoms with van der Waals surface area (Å²) in [6, 6.07) is 85.6. The van der Waals surface area contributed by atoms with Crippen LogP contribution in [0, 0.1) is 0 Å². The number of rotatable bonds is 11. The van der Waals surface area contributed by atoms with Gasteiger partial charge in [0.05, 0.1) is 28.6 Å². The molecule has 0 fully saturated rings. The molecule has 1 aliphatic heterocycles. The fourth-order valence-electron chi connectivity index (χ4n) is 9.81. The predicted molar refractivity (Wildman–Crippen MR) is 279 cm³/mol. The minimum absolute atomic E-state index is 0.170. The van der Waals surface area contributed by atoms with E-state index in [2.05, 4.69) is 262 Å². The summed E-state index contributed by atoms with van der Waals surface area (Å²) in [7, 11) is 0. The molecule has 0 radical (unpaired) electrons. The van der Waals surface area contributed by atoms with Crippen LogP contribution in [0.25, 0.3) is 60.5 Å². The average molecular weight is 883 g/mol. The van der Waals surface area contributed by atoms with Crippen molar-refractivity contribution >= 4 is 61.4 Å². The highest BCUT2D eigenvalue weighted by atomic mass is 32.2. The number of aromatic nitrogens is 1. The standard InChI is InChI=1S/C61H47N5S/c62-60(45-29-27-43(28-30-45)42-17-6-2-7-18-42)64-61(63-40-41-15-4-1-5-16-41)48-20-14-23-50(37-48)66-53-34-32-46(38-52(53)59-51-24-11-10-19-44(51)31-35-55(59)66)47-33-36-58-56(39-47)65(49-21-8-3-9-22-49)54-25-12-13-26-57(54)67-58/h1-39,60-61,63-64H,40,62H2/p+1. The van der Waals surface area contributed by atoms with E-state index in [0.717, 1.165) is 28.0 Å². The number of fused-ring (bicyclic) bond motifs is 7. The van der Waals surface area contributed by atoms with Gasteiger partial charge in [0.15, 0.2) is 6.17 Å². The molecule has 12 rings (SSSR count). The lowest BCUT2D eigenvalue weighted by atomic mass is 9.99. The molecule has 0 aliphatic carbocycles. The average Bonchev–Trinajstić information content (AvgIpc) is 3.74. The monoisotopic (exact) mass is 882 g/mol. The lowest BCUT2D eigenvalue weighted by molar-refractivity contribution is -0.438. The molecule has 322 valence electrons. The summed E-state index contributed by atoms with van der Waals surface area (Å²) < 4.78 is 2.44. The fourth-order valence-corrected chi connectivity index (χ4v) is 10.8. The minimum Gasteiger partial charge on any atom is -0.339 e. The largest absolute Gasteiger partial charge is 0.339 e. The van der Waals surface area contributed by atoms with Crippen LogP contribution in [0.3, 0.4) is 0 Å². The Hall–Kier alpha value is -7.71. The molecule has 1 aliphatic rings. The number of benzene rings is 10. The van der Waals surface area contributed by atoms with Crippen molar-refractivity contribution in [3.63, 3.8) is 0 Å². The van der Waals surface area contributed by atoms with Gasteiger partial charge < -0.3 is 15.2 Å². The fraction of sp³-hybridized carbons (Fsp3) is 0.0492. The number of hydrogen-bond acceptors (Lipinski definition) is 4. The Morgan fingerprint density at radius 2 is 1.09 bits per heavy atom. The summed E-state index contributed by atoms with van der Waals surface area (Å²) in [6.45, 7) is 0.698. The molecule has 2 atom stereocenters. The zero-order valence-electron chi connectivity index (χ0n) is 36.9. The van der Waals surface area contributed by atoms with Crippen molar-refractivity contribution in [2.75, 3.05) is 4.90 Å². The Kier molecular flexibility index (Phi) is 10.7. The first-order valence-corrected chi connectivity index (χ1v) is 23.8. The van der Waals surface area contributed by atoms with Crippen molar-refractivity contribution in [3.8, 4) is 27.9 Å². The van der Waals surface area contributed by atoms with E-state index in [-0.39, 0.29) is 12.3 Å². The van der Waals surface area contributed by atoms with Crippen LogP contribution in [0.1, 0.15) is 29.0 Å². The lowest BCUT2D eigenvalue weighted by Crippen LogP contribution is -2.62. The van der Waals surface area contributed by atoms with Gasteiger partial charge in [0.25, 0.3) is 0 Å². The molecule has 67 heavy (non-hydrogen) atoms. The third-order valence-electron chi connectivity index (χ3n) is 13.1. The molecule has 5 nitrogen and oxygen atoms in total. The van der Waals surface area contributed by atoms with Crippen LogP contribution >= 0.6 is 11.8 Å². The highest BCUT2D eigenvalue weighted by Crippen LogP contribution is 2.52. The van der Waals surface area contributed by atoms with E-state index in [9.17, 15) is 0 Å². The number of quaternary nitrogens is 1. The highest BCUT2D eigenvalue weighted by Gasteiger charge is 2.26. The molecule has 0 bridgehead atoms. The molecule has 6 heteroatoms. The van der Waals surface area contributed by atoms with Crippen molar-refractivity contribution < 1.29 is 5.73 Å². The first kappa shape index (κ1) is 40.8. The summed E-state index contributed by atoms with van der Waals surface area (Å²) in [5, 5.41) is 12.7. The van der Waals surface area contributed by atoms with E-state index in [4.69, 9.17) is 0 Å². The summed E-state index contributed by atoms with van der Waals surface area (Å²) in [4.78, 5) is 4.91. The van der Waals surface area contributed by atoms with Crippen LogP contribution in [0.2, 0.25) is 0 Å². The number of nitrogens with zero attached hydrogens (tertiary/aromatic N) is 2. The van der Waals surface area contributed by atoms with E-state index < -0.39 is 0 Å². The highest BCUT2D eigenvalue weighted by molar-refractivity contribution is 7.99. The van der Waals surface area contributed by atoms with Crippen LogP contribution in [-0.2, 0) is 6.54 Å². The normalized spacial score (nSPS) is 13.1. The second kappa shape index (κ2) is 17.6. The van der Waals surface area contributed by atoms with Gasteiger partial charge in [0, 0.05) is 44.0 Å². The Labute approximate surface area is 395 Å². The topological polar surface area (TPSA) is 59.9 Å². The van der Waals surface area contributed by atoms with Crippen molar-refractivity contribution in [3.05, 3.63) is 253 Å². The smallest absolute Gasteiger partial charge is 0.166 e. The molecular formula is C61H48N5S+. The van der Waals surface area contributed by atoms with Gasteiger partial charge in [-0.3, -0.25) is 5.32 Å². The number of anilines is 3. The number of nitrogens with one attached hydrogen (secondary N) is 2. The second-order valence-corrected chi connectivity index (χ2v) is 18.4. The molecular weight excluding hydrogens is 835 g/mol. The summed E-state index contributed by atoms with van der Waals surface area (Å²) in [6.07, 6.45) is -0.363. The van der Waals surface area contributed by atoms with E-state index >= 15 is 0 Å². The zero-order chi connectivity index (χ0) is 44.7. The van der Waals surface area contributed by atoms with Gasteiger partial charge in [-0.15, -0.1) is 0 Å². The van der Waals surface area contributed by atoms with E-state index in [1.54, 1.807) is 0 Å². The molecule has 10 aromatic carbocycles. The molecule has 2 heterocycles. The molecule has 2 unspecified atom stereocenters. The number of hydrogen-bond donors (Lipinski definition) is 3. The van der Waals surface area contributed by atoms with Crippen LogP contribution in [0.15, 0.2) is 246 Å². The molecule has 1 aromatic heterocycles. The first-order valence-electron chi connectivity index (χ1n) is 23.0. The lowest BCUT2D eigenvalue weighted by Gasteiger charge is -2.33. The van der Waals surface area contributed by atoms with Gasteiger partial charge >= 0.3 is 0 Å². The molecule has 0 amide bonds. The SMILES string of the molecule is [NH3+]C(NC(NCc1ccccc1)c1cccc(-n2c3ccc(-c4ccc5c(c4)N(c4ccccc4)c4ccccc4S5)cc3c3c4ccccc4ccc32)c1)c1ccc(-c2ccccc2)cc1. The van der Waals surface area contributed by atoms with Crippen LogP contribution in [0.4, 0.5) is 17.1 Å². The van der Waals surface area contributed by atoms with Crippen molar-refractivity contribution in [1.82, 2.24) is 15.2 Å². The van der Waals surface area contributed by atoms with Gasteiger partial charge in [0.1, 0.15) is 0 Å². The maximum absolute atomic E-state index is 4.64. The van der Waals surface area contributed by atoms with Crippen molar-refractivity contribution in [2.45, 2.75) is 28.7 Å². The van der Waals surface area contributed by atoms with Gasteiger partial charge in [-0.25, -0.2) is 5.32 Å². The second-order valence-electron chi connectivity index (χ2n) is 17.3. The Morgan fingerprint density at radius 1 is 0.448 bits per heavy atom. The molecule has 0 saturated heterocycles. The van der Waals surface area contributed by atoms with Crippen LogP contribution in [-0.4, -0.2) is 4.57 Å². The number of para-hydroxylation sites is 2. The maximum Gasteiger partial charge on any atom is 0.166 e. The van der Waals surface area contributed by atoms with Gasteiger partial charge in [-0.2, -0.15) is 0 Å². The van der Waals surface area contributed by atoms with Crippen LogP contribution < -0.4 is 21.3 Å². The molecule has 11 aromatic rings. The maximum atomic E-state index is 4.64. The quantitative estimate of drug-likeness (QED) is 0.113. The Morgan fingerprint density at radius 3 is 1.93 bits per heavy atom. The van der Waals surface area contributed by atoms with Gasteiger partial charge in [-0.05, 0) is 111 Å². The molecule has 5 N–H and O–H groups in total. The minimum atomic E-state index is -0.193. The summed E-state index contributed by atoms with van der Waals surface area (Å²) in [5.41, 5.74) is 19.9. The van der Waals surface area contributed by atoms with Gasteiger partial charge in [-0.1, -0.05) is 182 Å². The van der Waals surface area contributed by atoms with Crippen LogP contribution in [0.5, 0.6) is 0 Å². The summed E-state index contributed by atoms with van der Waals surface area (Å²) >= 11 is 1.84. The predicted octanol–water partition coefficient (Wildman–Crippen LogP) is 14.5. The van der Waals surface area contributed by atoms with E-state index in [0.29, 0.717) is 6.54 Å². The van der Waals surface area contributed by atoms with Crippen molar-refractivity contribution in [1.29, 1.82) is 0 Å². The summed E-state index contributed by atoms with van der Waals surface area (Å²) in [5.74, 6) is 0. The molecule has 0 saturated carbocycles. The third-order valence-corrected chi connectivity index (χ3v) is 14.3.